The van der Waals surface area contributed by atoms with E-state index < -0.39 is 43.4 Å². The Hall–Kier alpha value is -2.11. The lowest BCUT2D eigenvalue weighted by atomic mass is 9.99. The molecule has 1 heterocycles. The van der Waals surface area contributed by atoms with Gasteiger partial charge in [0, 0.05) is 13.0 Å². The third kappa shape index (κ3) is 34.3. The molecule has 1 rings (SSSR count). The molecular weight excluding hydrogens is 781 g/mol. The van der Waals surface area contributed by atoms with Crippen molar-refractivity contribution in [2.75, 3.05) is 26.4 Å². The van der Waals surface area contributed by atoms with Crippen LogP contribution >= 0.6 is 0 Å². The predicted molar refractivity (Wildman–Crippen MR) is 256 cm³/mol. The van der Waals surface area contributed by atoms with Gasteiger partial charge in [0.05, 0.1) is 19.8 Å². The van der Waals surface area contributed by atoms with Gasteiger partial charge in [-0.25, -0.2) is 0 Å². The predicted octanol–water partition coefficient (Wildman–Crippen LogP) is 12.3. The first-order chi connectivity index (χ1) is 30.4. The zero-order valence-electron chi connectivity index (χ0n) is 39.6. The Morgan fingerprint density at radius 2 is 0.984 bits per heavy atom. The van der Waals surface area contributed by atoms with Gasteiger partial charge in [-0.2, -0.15) is 0 Å². The lowest BCUT2D eigenvalue weighted by Crippen LogP contribution is -2.59. The normalized spacial score (nSPS) is 20.3. The van der Waals surface area contributed by atoms with E-state index in [1.807, 2.05) is 0 Å². The second kappa shape index (κ2) is 44.1. The molecule has 62 heavy (non-hydrogen) atoms. The number of carbonyl (C=O) groups is 1. The molecule has 0 spiro atoms. The van der Waals surface area contributed by atoms with E-state index in [4.69, 9.17) is 18.9 Å². The largest absolute Gasteiger partial charge is 0.457 e. The standard InChI is InChI=1S/C53H94O9/c1-3-5-7-9-11-13-15-17-19-21-22-23-24-25-27-29-31-33-35-37-39-41-43-59-45-47(46-60-53-52(58)51(57)50(56)48(44-54)62-53)61-49(55)42-40-38-36-34-32-30-28-26-20-18-16-14-12-10-8-6-4-2/h5,7,11,13,17,19,22-23,25,27,47-48,50-54,56-58H,3-4,6,8-10,12,14-16,18,20-21,24,26,28-46H2,1-2H3/b7-5-,13-11-,19-17-,23-22-,27-25-. The van der Waals surface area contributed by atoms with Crippen molar-refractivity contribution in [3.8, 4) is 0 Å². The second-order valence-electron chi connectivity index (χ2n) is 17.2. The Balaban J connectivity index is 2.23. The van der Waals surface area contributed by atoms with Gasteiger partial charge in [0.15, 0.2) is 6.29 Å². The first kappa shape index (κ1) is 57.9. The van der Waals surface area contributed by atoms with Crippen molar-refractivity contribution in [2.45, 2.75) is 243 Å². The molecule has 0 aromatic heterocycles. The molecule has 1 fully saturated rings. The molecule has 0 saturated carbocycles. The lowest BCUT2D eigenvalue weighted by molar-refractivity contribution is -0.305. The maximum Gasteiger partial charge on any atom is 0.306 e. The molecule has 0 radical (unpaired) electrons. The van der Waals surface area contributed by atoms with Crippen LogP contribution in [0.4, 0.5) is 0 Å². The van der Waals surface area contributed by atoms with Crippen molar-refractivity contribution in [1.82, 2.24) is 0 Å². The summed E-state index contributed by atoms with van der Waals surface area (Å²) in [5.41, 5.74) is 0. The number of aliphatic hydroxyl groups is 4. The molecule has 1 saturated heterocycles. The third-order valence-corrected chi connectivity index (χ3v) is 11.4. The Bertz CT molecular complexity index is 1130. The van der Waals surface area contributed by atoms with E-state index in [2.05, 4.69) is 74.6 Å². The van der Waals surface area contributed by atoms with Gasteiger partial charge in [0.2, 0.25) is 0 Å². The van der Waals surface area contributed by atoms with Crippen LogP contribution in [0.1, 0.15) is 206 Å². The van der Waals surface area contributed by atoms with E-state index in [0.717, 1.165) is 77.0 Å². The maximum absolute atomic E-state index is 12.8. The summed E-state index contributed by atoms with van der Waals surface area (Å²) < 4.78 is 22.9. The van der Waals surface area contributed by atoms with Gasteiger partial charge in [0.25, 0.3) is 0 Å². The molecule has 9 heteroatoms. The van der Waals surface area contributed by atoms with E-state index in [-0.39, 0.29) is 19.2 Å². The summed E-state index contributed by atoms with van der Waals surface area (Å²) >= 11 is 0. The molecule has 0 aliphatic carbocycles. The first-order valence-electron chi connectivity index (χ1n) is 25.4. The molecule has 0 aromatic rings. The number of esters is 1. The van der Waals surface area contributed by atoms with Gasteiger partial charge in [0.1, 0.15) is 30.5 Å². The molecule has 0 aromatic carbocycles. The van der Waals surface area contributed by atoms with Crippen molar-refractivity contribution in [3.05, 3.63) is 60.8 Å². The third-order valence-electron chi connectivity index (χ3n) is 11.4. The topological polar surface area (TPSA) is 135 Å². The van der Waals surface area contributed by atoms with Crippen LogP contribution in [0.25, 0.3) is 0 Å². The van der Waals surface area contributed by atoms with Crippen LogP contribution < -0.4 is 0 Å². The van der Waals surface area contributed by atoms with E-state index in [1.54, 1.807) is 0 Å². The molecule has 0 amide bonds. The Kier molecular flexibility index (Phi) is 41.2. The first-order valence-corrected chi connectivity index (χ1v) is 25.4. The summed E-state index contributed by atoms with van der Waals surface area (Å²) in [6.45, 7) is 4.43. The fraction of sp³-hybridized carbons (Fsp3) is 0.792. The highest BCUT2D eigenvalue weighted by Gasteiger charge is 2.44. The minimum absolute atomic E-state index is 0.120. The molecule has 6 unspecified atom stereocenters. The highest BCUT2D eigenvalue weighted by atomic mass is 16.7. The number of ether oxygens (including phenoxy) is 4. The molecule has 9 nitrogen and oxygen atoms in total. The van der Waals surface area contributed by atoms with Crippen LogP contribution in [-0.4, -0.2) is 89.6 Å². The number of carbonyl (C=O) groups excluding carboxylic acids is 1. The molecule has 360 valence electrons. The summed E-state index contributed by atoms with van der Waals surface area (Å²) in [6.07, 6.45) is 49.6. The second-order valence-corrected chi connectivity index (χ2v) is 17.2. The van der Waals surface area contributed by atoms with Gasteiger partial charge in [-0.3, -0.25) is 4.79 Å². The van der Waals surface area contributed by atoms with Gasteiger partial charge in [-0.15, -0.1) is 0 Å². The van der Waals surface area contributed by atoms with Crippen molar-refractivity contribution >= 4 is 5.97 Å². The molecule has 0 bridgehead atoms. The van der Waals surface area contributed by atoms with E-state index in [1.165, 1.54) is 109 Å². The number of hydrogen-bond donors (Lipinski definition) is 4. The molecule has 4 N–H and O–H groups in total. The van der Waals surface area contributed by atoms with Gasteiger partial charge in [-0.05, 0) is 57.8 Å². The van der Waals surface area contributed by atoms with Gasteiger partial charge >= 0.3 is 5.97 Å². The van der Waals surface area contributed by atoms with Crippen molar-refractivity contribution in [2.24, 2.45) is 0 Å². The zero-order chi connectivity index (χ0) is 45.0. The zero-order valence-corrected chi connectivity index (χ0v) is 39.6. The summed E-state index contributed by atoms with van der Waals surface area (Å²) in [6, 6.07) is 0. The maximum atomic E-state index is 12.8. The van der Waals surface area contributed by atoms with E-state index >= 15 is 0 Å². The fourth-order valence-corrected chi connectivity index (χ4v) is 7.52. The summed E-state index contributed by atoms with van der Waals surface area (Å²) in [7, 11) is 0. The summed E-state index contributed by atoms with van der Waals surface area (Å²) in [4.78, 5) is 12.8. The minimum atomic E-state index is -1.54. The quantitative estimate of drug-likeness (QED) is 0.0268. The number of allylic oxidation sites excluding steroid dienone is 10. The van der Waals surface area contributed by atoms with E-state index in [0.29, 0.717) is 13.0 Å². The number of rotatable bonds is 43. The highest BCUT2D eigenvalue weighted by molar-refractivity contribution is 5.69. The van der Waals surface area contributed by atoms with Crippen molar-refractivity contribution in [1.29, 1.82) is 0 Å². The molecule has 1 aliphatic heterocycles. The molecule has 6 atom stereocenters. The van der Waals surface area contributed by atoms with Crippen LogP contribution in [0.5, 0.6) is 0 Å². The highest BCUT2D eigenvalue weighted by Crippen LogP contribution is 2.23. The van der Waals surface area contributed by atoms with Crippen LogP contribution in [0.2, 0.25) is 0 Å². The average Bonchev–Trinajstić information content (AvgIpc) is 3.27. The van der Waals surface area contributed by atoms with Crippen molar-refractivity contribution in [3.63, 3.8) is 0 Å². The number of aliphatic hydroxyl groups excluding tert-OH is 4. The monoisotopic (exact) mass is 875 g/mol. The van der Waals surface area contributed by atoms with Crippen LogP contribution in [0.15, 0.2) is 60.8 Å². The van der Waals surface area contributed by atoms with Crippen LogP contribution in [-0.2, 0) is 23.7 Å². The molecule has 1 aliphatic rings. The Morgan fingerprint density at radius 1 is 0.532 bits per heavy atom. The lowest BCUT2D eigenvalue weighted by Gasteiger charge is -2.39. The summed E-state index contributed by atoms with van der Waals surface area (Å²) in [5, 5.41) is 40.2. The van der Waals surface area contributed by atoms with Gasteiger partial charge in [-0.1, -0.05) is 203 Å². The smallest absolute Gasteiger partial charge is 0.306 e. The fourth-order valence-electron chi connectivity index (χ4n) is 7.52. The molecular formula is C53H94O9. The minimum Gasteiger partial charge on any atom is -0.457 e. The Labute approximate surface area is 379 Å². The Morgan fingerprint density at radius 3 is 1.48 bits per heavy atom. The van der Waals surface area contributed by atoms with E-state index in [9.17, 15) is 25.2 Å². The van der Waals surface area contributed by atoms with Crippen LogP contribution in [0.3, 0.4) is 0 Å². The van der Waals surface area contributed by atoms with Gasteiger partial charge < -0.3 is 39.4 Å². The number of hydrogen-bond acceptors (Lipinski definition) is 9. The number of unbranched alkanes of at least 4 members (excludes halogenated alkanes) is 22. The average molecular weight is 875 g/mol. The SMILES string of the molecule is CC/C=C\C/C=C\C/C=C\C/C=C\C/C=C\CCCCCCCCOCC(COC1OC(CO)C(O)C(O)C1O)OC(=O)CCCCCCCCCCCCCCCCCCC. The van der Waals surface area contributed by atoms with Crippen LogP contribution in [0, 0.1) is 0 Å². The van der Waals surface area contributed by atoms with Crippen molar-refractivity contribution < 1.29 is 44.2 Å². The summed E-state index contributed by atoms with van der Waals surface area (Å²) in [5.74, 6) is -0.318.